The predicted molar refractivity (Wildman–Crippen MR) is 116 cm³/mol. The van der Waals surface area contributed by atoms with E-state index in [-0.39, 0.29) is 28.6 Å². The normalized spacial score (nSPS) is 11.8. The van der Waals surface area contributed by atoms with Gasteiger partial charge in [0.05, 0.1) is 15.1 Å². The van der Waals surface area contributed by atoms with E-state index in [1.807, 2.05) is 13.0 Å². The SMILES string of the molecule is CCn1c(=O)sc2cc(NC(=O)CCCN(C)S(=O)(=O)c3ccccc3)ccc21. The van der Waals surface area contributed by atoms with Crippen molar-refractivity contribution < 1.29 is 13.2 Å². The van der Waals surface area contributed by atoms with Crippen LogP contribution in [0.15, 0.2) is 58.2 Å². The Morgan fingerprint density at radius 1 is 1.17 bits per heavy atom. The maximum atomic E-state index is 12.5. The van der Waals surface area contributed by atoms with Gasteiger partial charge in [0.15, 0.2) is 0 Å². The Labute approximate surface area is 173 Å². The van der Waals surface area contributed by atoms with Crippen LogP contribution in [-0.2, 0) is 21.4 Å². The highest BCUT2D eigenvalue weighted by Crippen LogP contribution is 2.22. The Hall–Kier alpha value is -2.49. The van der Waals surface area contributed by atoms with Crippen LogP contribution in [0.4, 0.5) is 5.69 Å². The predicted octanol–water partition coefficient (Wildman–Crippen LogP) is 3.12. The Morgan fingerprint density at radius 2 is 1.90 bits per heavy atom. The lowest BCUT2D eigenvalue weighted by atomic mass is 10.2. The van der Waals surface area contributed by atoms with Crippen LogP contribution < -0.4 is 10.2 Å². The molecule has 1 aromatic heterocycles. The van der Waals surface area contributed by atoms with E-state index in [0.29, 0.717) is 18.7 Å². The van der Waals surface area contributed by atoms with Crippen molar-refractivity contribution in [3.05, 3.63) is 58.2 Å². The summed E-state index contributed by atoms with van der Waals surface area (Å²) in [7, 11) is -2.04. The second kappa shape index (κ2) is 8.89. The number of benzene rings is 2. The molecule has 0 bridgehead atoms. The van der Waals surface area contributed by atoms with Crippen LogP contribution in [0.3, 0.4) is 0 Å². The molecule has 2 aromatic carbocycles. The van der Waals surface area contributed by atoms with Crippen molar-refractivity contribution in [2.75, 3.05) is 18.9 Å². The number of rotatable bonds is 8. The average molecular weight is 434 g/mol. The second-order valence-corrected chi connectivity index (χ2v) is 9.62. The number of sulfonamides is 1. The van der Waals surface area contributed by atoms with Gasteiger partial charge in [0.25, 0.3) is 0 Å². The topological polar surface area (TPSA) is 88.5 Å². The molecule has 0 radical (unpaired) electrons. The number of nitrogens with zero attached hydrogens (tertiary/aromatic N) is 2. The lowest BCUT2D eigenvalue weighted by molar-refractivity contribution is -0.116. The van der Waals surface area contributed by atoms with Crippen molar-refractivity contribution in [3.8, 4) is 0 Å². The Balaban J connectivity index is 1.56. The summed E-state index contributed by atoms with van der Waals surface area (Å²) in [5.74, 6) is -0.197. The van der Waals surface area contributed by atoms with Gasteiger partial charge in [-0.05, 0) is 43.7 Å². The summed E-state index contributed by atoms with van der Waals surface area (Å²) in [6, 6.07) is 13.6. The zero-order valence-electron chi connectivity index (χ0n) is 16.3. The molecule has 0 atom stereocenters. The molecule has 1 N–H and O–H groups in total. The van der Waals surface area contributed by atoms with Gasteiger partial charge in [-0.25, -0.2) is 12.7 Å². The number of aromatic nitrogens is 1. The van der Waals surface area contributed by atoms with Crippen molar-refractivity contribution in [2.24, 2.45) is 0 Å². The first-order valence-corrected chi connectivity index (χ1v) is 11.5. The molecule has 1 heterocycles. The number of nitrogens with one attached hydrogen (secondary N) is 1. The van der Waals surface area contributed by atoms with Gasteiger partial charge < -0.3 is 5.32 Å². The summed E-state index contributed by atoms with van der Waals surface area (Å²) in [5.41, 5.74) is 1.48. The van der Waals surface area contributed by atoms with E-state index < -0.39 is 10.0 Å². The van der Waals surface area contributed by atoms with Crippen LogP contribution in [0.1, 0.15) is 19.8 Å². The number of hydrogen-bond acceptors (Lipinski definition) is 5. The maximum absolute atomic E-state index is 12.5. The molecule has 0 fully saturated rings. The van der Waals surface area contributed by atoms with Crippen molar-refractivity contribution in [2.45, 2.75) is 31.2 Å². The molecule has 9 heteroatoms. The van der Waals surface area contributed by atoms with Crippen LogP contribution in [0.2, 0.25) is 0 Å². The Morgan fingerprint density at radius 3 is 2.59 bits per heavy atom. The third-order valence-corrected chi connectivity index (χ3v) is 7.41. The number of aryl methyl sites for hydroxylation is 1. The van der Waals surface area contributed by atoms with Gasteiger partial charge in [0, 0.05) is 32.2 Å². The highest BCUT2D eigenvalue weighted by atomic mass is 32.2. The highest BCUT2D eigenvalue weighted by Gasteiger charge is 2.20. The number of anilines is 1. The molecule has 3 rings (SSSR count). The zero-order chi connectivity index (χ0) is 21.0. The number of thiazole rings is 1. The molecule has 29 heavy (non-hydrogen) atoms. The first-order chi connectivity index (χ1) is 13.8. The van der Waals surface area contributed by atoms with Gasteiger partial charge in [-0.2, -0.15) is 0 Å². The van der Waals surface area contributed by atoms with Gasteiger partial charge in [-0.3, -0.25) is 14.2 Å². The minimum absolute atomic E-state index is 0.0198. The van der Waals surface area contributed by atoms with Crippen molar-refractivity contribution in [1.82, 2.24) is 8.87 Å². The van der Waals surface area contributed by atoms with Gasteiger partial charge in [-0.1, -0.05) is 29.5 Å². The van der Waals surface area contributed by atoms with E-state index in [0.717, 1.165) is 21.6 Å². The van der Waals surface area contributed by atoms with Gasteiger partial charge in [0.2, 0.25) is 15.9 Å². The minimum Gasteiger partial charge on any atom is -0.326 e. The summed E-state index contributed by atoms with van der Waals surface area (Å²) in [4.78, 5) is 24.4. The number of amides is 1. The third kappa shape index (κ3) is 4.75. The van der Waals surface area contributed by atoms with Gasteiger partial charge in [-0.15, -0.1) is 0 Å². The molecule has 0 aliphatic rings. The van der Waals surface area contributed by atoms with Gasteiger partial charge >= 0.3 is 4.87 Å². The molecule has 0 saturated carbocycles. The fourth-order valence-electron chi connectivity index (χ4n) is 3.02. The molecule has 1 amide bonds. The van der Waals surface area contributed by atoms with Crippen LogP contribution in [0.5, 0.6) is 0 Å². The van der Waals surface area contributed by atoms with E-state index in [2.05, 4.69) is 5.32 Å². The van der Waals surface area contributed by atoms with Crippen LogP contribution in [0, 0.1) is 0 Å². The number of carbonyl (C=O) groups excluding carboxylic acids is 1. The monoisotopic (exact) mass is 433 g/mol. The first-order valence-electron chi connectivity index (χ1n) is 9.27. The lowest BCUT2D eigenvalue weighted by Gasteiger charge is -2.17. The molecule has 0 spiro atoms. The summed E-state index contributed by atoms with van der Waals surface area (Å²) < 4.78 is 28.7. The van der Waals surface area contributed by atoms with Gasteiger partial charge in [0.1, 0.15) is 0 Å². The quantitative estimate of drug-likeness (QED) is 0.591. The largest absolute Gasteiger partial charge is 0.326 e. The van der Waals surface area contributed by atoms with Crippen molar-refractivity contribution >= 4 is 43.2 Å². The van der Waals surface area contributed by atoms with Crippen LogP contribution >= 0.6 is 11.3 Å². The van der Waals surface area contributed by atoms with E-state index in [9.17, 15) is 18.0 Å². The van der Waals surface area contributed by atoms with E-state index >= 15 is 0 Å². The molecule has 154 valence electrons. The summed E-state index contributed by atoms with van der Waals surface area (Å²) in [5, 5.41) is 2.81. The summed E-state index contributed by atoms with van der Waals surface area (Å²) in [6.07, 6.45) is 0.592. The van der Waals surface area contributed by atoms with E-state index in [1.54, 1.807) is 47.0 Å². The zero-order valence-corrected chi connectivity index (χ0v) is 17.9. The Bertz CT molecular complexity index is 1170. The Kier molecular flexibility index (Phi) is 6.51. The molecule has 7 nitrogen and oxygen atoms in total. The molecule has 0 unspecified atom stereocenters. The van der Waals surface area contributed by atoms with E-state index in [1.165, 1.54) is 11.4 Å². The highest BCUT2D eigenvalue weighted by molar-refractivity contribution is 7.89. The fraction of sp³-hybridized carbons (Fsp3) is 0.300. The van der Waals surface area contributed by atoms with Crippen molar-refractivity contribution in [1.29, 1.82) is 0 Å². The molecule has 0 saturated heterocycles. The van der Waals surface area contributed by atoms with E-state index in [4.69, 9.17) is 0 Å². The second-order valence-electron chi connectivity index (χ2n) is 6.59. The summed E-state index contributed by atoms with van der Waals surface area (Å²) >= 11 is 1.15. The molecular weight excluding hydrogens is 410 g/mol. The maximum Gasteiger partial charge on any atom is 0.308 e. The molecule has 0 aliphatic carbocycles. The molecular formula is C20H23N3O4S2. The third-order valence-electron chi connectivity index (χ3n) is 4.60. The minimum atomic E-state index is -3.55. The lowest BCUT2D eigenvalue weighted by Crippen LogP contribution is -2.28. The van der Waals surface area contributed by atoms with Crippen LogP contribution in [0.25, 0.3) is 10.2 Å². The fourth-order valence-corrected chi connectivity index (χ4v) is 5.25. The average Bonchev–Trinajstić information content (AvgIpc) is 3.02. The number of carbonyl (C=O) groups is 1. The molecule has 3 aromatic rings. The first kappa shape index (κ1) is 21.2. The van der Waals surface area contributed by atoms with Crippen LogP contribution in [-0.4, -0.2) is 36.8 Å². The smallest absolute Gasteiger partial charge is 0.308 e. The molecule has 0 aliphatic heterocycles. The number of hydrogen-bond donors (Lipinski definition) is 1. The summed E-state index contributed by atoms with van der Waals surface area (Å²) in [6.45, 7) is 2.76. The van der Waals surface area contributed by atoms with Crippen molar-refractivity contribution in [3.63, 3.8) is 0 Å². The number of fused-ring (bicyclic) bond motifs is 1. The standard InChI is InChI=1S/C20H23N3O4S2/c1-3-23-17-12-11-15(14-18(17)28-20(23)25)21-19(24)10-7-13-22(2)29(26,27)16-8-5-4-6-9-16/h4-6,8-9,11-12,14H,3,7,10,13H2,1-2H3,(H,21,24).